The molecule has 5 nitrogen and oxygen atoms in total. The van der Waals surface area contributed by atoms with Crippen LogP contribution in [-0.4, -0.2) is 55.6 Å². The van der Waals surface area contributed by atoms with Gasteiger partial charge in [0.2, 0.25) is 0 Å². The topological polar surface area (TPSA) is 47.6 Å². The molecule has 1 unspecified atom stereocenters. The standard InChI is InChI=1S/C22H36N4O/c1-25(2)21(19-10-4-3-5-11-19)16-23-22(27)24-20-12-8-9-18(15-20)17-26-13-6-7-14-26/h8-9,12,15,19,21H,3-7,10-11,13-14,16-17H2,1-2H3,(H2,23,24,27). The average molecular weight is 373 g/mol. The number of nitrogens with zero attached hydrogens (tertiary/aromatic N) is 2. The fraction of sp³-hybridized carbons (Fsp3) is 0.682. The maximum atomic E-state index is 12.4. The minimum absolute atomic E-state index is 0.101. The number of likely N-dealkylation sites (tertiary alicyclic amines) is 1. The Morgan fingerprint density at radius 1 is 1.15 bits per heavy atom. The molecule has 2 amide bonds. The molecule has 0 aromatic heterocycles. The molecule has 0 spiro atoms. The van der Waals surface area contributed by atoms with Gasteiger partial charge in [-0.2, -0.15) is 0 Å². The molecule has 5 heteroatoms. The van der Waals surface area contributed by atoms with E-state index in [-0.39, 0.29) is 6.03 Å². The van der Waals surface area contributed by atoms with Gasteiger partial charge in [-0.1, -0.05) is 31.4 Å². The van der Waals surface area contributed by atoms with Gasteiger partial charge in [0.25, 0.3) is 0 Å². The second kappa shape index (κ2) is 10.1. The Bertz CT molecular complexity index is 592. The van der Waals surface area contributed by atoms with Crippen molar-refractivity contribution in [3.63, 3.8) is 0 Å². The Morgan fingerprint density at radius 3 is 2.59 bits per heavy atom. The molecular weight excluding hydrogens is 336 g/mol. The maximum absolute atomic E-state index is 12.4. The number of carbonyl (C=O) groups excluding carboxylic acids is 1. The SMILES string of the molecule is CN(C)C(CNC(=O)Nc1cccc(CN2CCCC2)c1)C1CCCCC1. The third-order valence-electron chi connectivity index (χ3n) is 6.12. The first-order valence-corrected chi connectivity index (χ1v) is 10.6. The van der Waals surface area contributed by atoms with Gasteiger partial charge >= 0.3 is 6.03 Å². The highest BCUT2D eigenvalue weighted by atomic mass is 16.2. The van der Waals surface area contributed by atoms with E-state index >= 15 is 0 Å². The minimum atomic E-state index is -0.101. The van der Waals surface area contributed by atoms with E-state index in [1.54, 1.807) is 0 Å². The van der Waals surface area contributed by atoms with E-state index in [1.165, 1.54) is 63.6 Å². The molecule has 1 aliphatic heterocycles. The first-order valence-electron chi connectivity index (χ1n) is 10.6. The quantitative estimate of drug-likeness (QED) is 0.763. The number of nitrogens with one attached hydrogen (secondary N) is 2. The Hall–Kier alpha value is -1.59. The Morgan fingerprint density at radius 2 is 1.89 bits per heavy atom. The first-order chi connectivity index (χ1) is 13.1. The Kier molecular flexibility index (Phi) is 7.53. The van der Waals surface area contributed by atoms with Crippen LogP contribution in [0.5, 0.6) is 0 Å². The van der Waals surface area contributed by atoms with E-state index in [2.05, 4.69) is 46.7 Å². The molecule has 1 saturated carbocycles. The smallest absolute Gasteiger partial charge is 0.319 e. The maximum Gasteiger partial charge on any atom is 0.319 e. The third-order valence-corrected chi connectivity index (χ3v) is 6.12. The normalized spacial score (nSPS) is 20.0. The van der Waals surface area contributed by atoms with Crippen molar-refractivity contribution in [3.8, 4) is 0 Å². The molecule has 0 bridgehead atoms. The summed E-state index contributed by atoms with van der Waals surface area (Å²) in [5.74, 6) is 0.692. The molecule has 1 heterocycles. The lowest BCUT2D eigenvalue weighted by Crippen LogP contribution is -2.46. The lowest BCUT2D eigenvalue weighted by molar-refractivity contribution is 0.167. The van der Waals surface area contributed by atoms with Gasteiger partial charge in [0.05, 0.1) is 0 Å². The summed E-state index contributed by atoms with van der Waals surface area (Å²) < 4.78 is 0. The highest BCUT2D eigenvalue weighted by molar-refractivity contribution is 5.89. The van der Waals surface area contributed by atoms with Gasteiger partial charge < -0.3 is 15.5 Å². The molecule has 2 fully saturated rings. The summed E-state index contributed by atoms with van der Waals surface area (Å²) in [6.45, 7) is 4.05. The second-order valence-electron chi connectivity index (χ2n) is 8.45. The fourth-order valence-corrected chi connectivity index (χ4v) is 4.61. The number of urea groups is 1. The summed E-state index contributed by atoms with van der Waals surface area (Å²) in [7, 11) is 4.25. The number of hydrogen-bond donors (Lipinski definition) is 2. The molecule has 0 radical (unpaired) electrons. The van der Waals surface area contributed by atoms with Crippen LogP contribution in [-0.2, 0) is 6.54 Å². The molecule has 2 N–H and O–H groups in total. The van der Waals surface area contributed by atoms with E-state index in [1.807, 2.05) is 12.1 Å². The van der Waals surface area contributed by atoms with Crippen LogP contribution in [0.4, 0.5) is 10.5 Å². The van der Waals surface area contributed by atoms with Crippen molar-refractivity contribution in [3.05, 3.63) is 29.8 Å². The molecule has 3 rings (SSSR count). The van der Waals surface area contributed by atoms with E-state index < -0.39 is 0 Å². The number of likely N-dealkylation sites (N-methyl/N-ethyl adjacent to an activating group) is 1. The van der Waals surface area contributed by atoms with Crippen LogP contribution >= 0.6 is 0 Å². The number of hydrogen-bond acceptors (Lipinski definition) is 3. The second-order valence-corrected chi connectivity index (χ2v) is 8.45. The van der Waals surface area contributed by atoms with Crippen molar-refractivity contribution in [2.45, 2.75) is 57.5 Å². The van der Waals surface area contributed by atoms with Gasteiger partial charge in [-0.15, -0.1) is 0 Å². The van der Waals surface area contributed by atoms with Crippen molar-refractivity contribution in [2.24, 2.45) is 5.92 Å². The van der Waals surface area contributed by atoms with Crippen LogP contribution < -0.4 is 10.6 Å². The number of amides is 2. The number of benzene rings is 1. The summed E-state index contributed by atoms with van der Waals surface area (Å²) >= 11 is 0. The van der Waals surface area contributed by atoms with Gasteiger partial charge in [0, 0.05) is 24.8 Å². The van der Waals surface area contributed by atoms with Gasteiger partial charge in [-0.3, -0.25) is 4.90 Å². The van der Waals surface area contributed by atoms with Crippen molar-refractivity contribution in [1.29, 1.82) is 0 Å². The molecule has 1 saturated heterocycles. The Balaban J connectivity index is 1.49. The monoisotopic (exact) mass is 372 g/mol. The van der Waals surface area contributed by atoms with Gasteiger partial charge in [0.15, 0.2) is 0 Å². The number of rotatable bonds is 7. The fourth-order valence-electron chi connectivity index (χ4n) is 4.61. The molecule has 1 aromatic carbocycles. The summed E-state index contributed by atoms with van der Waals surface area (Å²) in [5, 5.41) is 6.12. The van der Waals surface area contributed by atoms with Crippen molar-refractivity contribution in [1.82, 2.24) is 15.1 Å². The van der Waals surface area contributed by atoms with Crippen LogP contribution in [0.25, 0.3) is 0 Å². The molecular formula is C22H36N4O. The average Bonchev–Trinajstić information content (AvgIpc) is 3.16. The van der Waals surface area contributed by atoms with Crippen molar-refractivity contribution >= 4 is 11.7 Å². The van der Waals surface area contributed by atoms with Crippen LogP contribution in [0.2, 0.25) is 0 Å². The Labute approximate surface area is 164 Å². The molecule has 1 aromatic rings. The summed E-state index contributed by atoms with van der Waals surface area (Å²) in [6.07, 6.45) is 9.17. The van der Waals surface area contributed by atoms with Crippen LogP contribution in [0, 0.1) is 5.92 Å². The van der Waals surface area contributed by atoms with E-state index in [0.717, 1.165) is 12.2 Å². The van der Waals surface area contributed by atoms with Crippen molar-refractivity contribution < 1.29 is 4.79 Å². The minimum Gasteiger partial charge on any atom is -0.336 e. The first kappa shape index (κ1) is 20.2. The molecule has 150 valence electrons. The summed E-state index contributed by atoms with van der Waals surface area (Å²) in [4.78, 5) is 17.2. The van der Waals surface area contributed by atoms with Gasteiger partial charge in [0.1, 0.15) is 0 Å². The molecule has 1 aliphatic carbocycles. The highest BCUT2D eigenvalue weighted by Crippen LogP contribution is 2.28. The summed E-state index contributed by atoms with van der Waals surface area (Å²) in [6, 6.07) is 8.56. The zero-order chi connectivity index (χ0) is 19.1. The molecule has 2 aliphatic rings. The van der Waals surface area contributed by atoms with Crippen LogP contribution in [0.3, 0.4) is 0 Å². The van der Waals surface area contributed by atoms with E-state index in [0.29, 0.717) is 18.5 Å². The number of anilines is 1. The van der Waals surface area contributed by atoms with Crippen LogP contribution in [0.1, 0.15) is 50.5 Å². The molecule has 27 heavy (non-hydrogen) atoms. The van der Waals surface area contributed by atoms with Crippen LogP contribution in [0.15, 0.2) is 24.3 Å². The van der Waals surface area contributed by atoms with Gasteiger partial charge in [-0.25, -0.2) is 4.79 Å². The van der Waals surface area contributed by atoms with E-state index in [9.17, 15) is 4.79 Å². The summed E-state index contributed by atoms with van der Waals surface area (Å²) in [5.41, 5.74) is 2.14. The van der Waals surface area contributed by atoms with Gasteiger partial charge in [-0.05, 0) is 76.5 Å². The lowest BCUT2D eigenvalue weighted by Gasteiger charge is -2.34. The predicted molar refractivity (Wildman–Crippen MR) is 112 cm³/mol. The van der Waals surface area contributed by atoms with E-state index in [4.69, 9.17) is 0 Å². The largest absolute Gasteiger partial charge is 0.336 e. The molecule has 1 atom stereocenters. The zero-order valence-corrected chi connectivity index (χ0v) is 17.0. The lowest BCUT2D eigenvalue weighted by atomic mass is 9.83. The number of carbonyl (C=O) groups is 1. The highest BCUT2D eigenvalue weighted by Gasteiger charge is 2.25. The third kappa shape index (κ3) is 6.22. The van der Waals surface area contributed by atoms with Crippen molar-refractivity contribution in [2.75, 3.05) is 39.0 Å². The zero-order valence-electron chi connectivity index (χ0n) is 17.0. The predicted octanol–water partition coefficient (Wildman–Crippen LogP) is 3.91.